The van der Waals surface area contributed by atoms with E-state index in [4.69, 9.17) is 4.74 Å². The molecule has 0 saturated carbocycles. The van der Waals surface area contributed by atoms with E-state index in [1.54, 1.807) is 0 Å². The van der Waals surface area contributed by atoms with Gasteiger partial charge in [0.25, 0.3) is 5.91 Å². The Morgan fingerprint density at radius 3 is 2.89 bits per heavy atom. The lowest BCUT2D eigenvalue weighted by Crippen LogP contribution is -2.57. The van der Waals surface area contributed by atoms with Crippen molar-refractivity contribution in [1.82, 2.24) is 9.88 Å². The van der Waals surface area contributed by atoms with Gasteiger partial charge in [-0.2, -0.15) is 0 Å². The first-order valence-corrected chi connectivity index (χ1v) is 7.03. The van der Waals surface area contributed by atoms with Crippen LogP contribution >= 0.6 is 0 Å². The molecular weight excluding hydrogens is 240 g/mol. The molecule has 0 aromatic carbocycles. The van der Waals surface area contributed by atoms with Crippen molar-refractivity contribution >= 4 is 5.91 Å². The van der Waals surface area contributed by atoms with Crippen LogP contribution in [0.3, 0.4) is 0 Å². The second kappa shape index (κ2) is 4.93. The average Bonchev–Trinajstić information content (AvgIpc) is 2.39. The third-order valence-electron chi connectivity index (χ3n) is 4.20. The van der Waals surface area contributed by atoms with Crippen LogP contribution < -0.4 is 0 Å². The van der Waals surface area contributed by atoms with Crippen LogP contribution in [0.25, 0.3) is 0 Å². The normalized spacial score (nSPS) is 27.9. The number of pyridine rings is 1. The lowest BCUT2D eigenvalue weighted by molar-refractivity contribution is -0.166. The van der Waals surface area contributed by atoms with Crippen molar-refractivity contribution in [3.05, 3.63) is 30.1 Å². The first-order chi connectivity index (χ1) is 9.19. The van der Waals surface area contributed by atoms with Gasteiger partial charge in [0.1, 0.15) is 5.60 Å². The number of aromatic nitrogens is 1. The molecule has 1 aromatic heterocycles. The van der Waals surface area contributed by atoms with Crippen LogP contribution in [0.4, 0.5) is 0 Å². The fourth-order valence-corrected chi connectivity index (χ4v) is 2.89. The quantitative estimate of drug-likeness (QED) is 0.816. The molecule has 0 unspecified atom stereocenters. The van der Waals surface area contributed by atoms with Crippen LogP contribution in [0.15, 0.2) is 24.4 Å². The van der Waals surface area contributed by atoms with E-state index in [-0.39, 0.29) is 5.91 Å². The number of hydrogen-bond acceptors (Lipinski definition) is 3. The number of carbonyl (C=O) groups is 1. The zero-order valence-electron chi connectivity index (χ0n) is 11.3. The molecule has 2 aliphatic rings. The maximum Gasteiger partial charge on any atom is 0.254 e. The van der Waals surface area contributed by atoms with E-state index < -0.39 is 5.60 Å². The van der Waals surface area contributed by atoms with Gasteiger partial charge >= 0.3 is 0 Å². The van der Waals surface area contributed by atoms with Crippen molar-refractivity contribution in [1.29, 1.82) is 0 Å². The minimum Gasteiger partial charge on any atom is -0.365 e. The van der Waals surface area contributed by atoms with E-state index in [0.717, 1.165) is 38.0 Å². The summed E-state index contributed by atoms with van der Waals surface area (Å²) in [4.78, 5) is 18.7. The molecule has 3 rings (SSSR count). The van der Waals surface area contributed by atoms with Crippen LogP contribution in [-0.4, -0.2) is 41.1 Å². The van der Waals surface area contributed by atoms with E-state index in [2.05, 4.69) is 4.98 Å². The highest BCUT2D eigenvalue weighted by Crippen LogP contribution is 2.32. The number of carbonyl (C=O) groups excluding carboxylic acids is 1. The average molecular weight is 260 g/mol. The number of hydrogen-bond donors (Lipinski definition) is 0. The highest BCUT2D eigenvalue weighted by molar-refractivity contribution is 5.85. The van der Waals surface area contributed by atoms with Gasteiger partial charge in [-0.05, 0) is 38.3 Å². The molecule has 0 bridgehead atoms. The van der Waals surface area contributed by atoms with Gasteiger partial charge in [0, 0.05) is 37.5 Å². The SMILES string of the molecule is C[C@]1(C(=O)N2CC(c3ccccn3)C2)CCCCO1. The number of ether oxygens (including phenoxy) is 1. The van der Waals surface area contributed by atoms with Gasteiger partial charge in [0.05, 0.1) is 0 Å². The zero-order chi connectivity index (χ0) is 13.3. The summed E-state index contributed by atoms with van der Waals surface area (Å²) < 4.78 is 5.72. The molecule has 0 aliphatic carbocycles. The first-order valence-electron chi connectivity index (χ1n) is 7.03. The van der Waals surface area contributed by atoms with Crippen molar-refractivity contribution in [3.63, 3.8) is 0 Å². The van der Waals surface area contributed by atoms with Gasteiger partial charge < -0.3 is 9.64 Å². The molecule has 1 amide bonds. The van der Waals surface area contributed by atoms with Crippen LogP contribution in [0.1, 0.15) is 37.8 Å². The number of amides is 1. The van der Waals surface area contributed by atoms with Crippen LogP contribution in [0.2, 0.25) is 0 Å². The van der Waals surface area contributed by atoms with Gasteiger partial charge in [0.2, 0.25) is 0 Å². The summed E-state index contributed by atoms with van der Waals surface area (Å²) in [6.45, 7) is 4.19. The highest BCUT2D eigenvalue weighted by atomic mass is 16.5. The van der Waals surface area contributed by atoms with Gasteiger partial charge in [-0.3, -0.25) is 9.78 Å². The maximum atomic E-state index is 12.5. The minimum absolute atomic E-state index is 0.152. The predicted octanol–water partition coefficient (Wildman–Crippen LogP) is 1.97. The Kier molecular flexibility index (Phi) is 3.27. The lowest BCUT2D eigenvalue weighted by atomic mass is 9.89. The van der Waals surface area contributed by atoms with Crippen molar-refractivity contribution in [2.75, 3.05) is 19.7 Å². The summed E-state index contributed by atoms with van der Waals surface area (Å²) >= 11 is 0. The summed E-state index contributed by atoms with van der Waals surface area (Å²) in [6, 6.07) is 5.95. The number of likely N-dealkylation sites (tertiary alicyclic amines) is 1. The molecule has 0 spiro atoms. The molecule has 3 heterocycles. The van der Waals surface area contributed by atoms with Crippen LogP contribution in [-0.2, 0) is 9.53 Å². The Hall–Kier alpha value is -1.42. The van der Waals surface area contributed by atoms with E-state index in [1.807, 2.05) is 36.2 Å². The van der Waals surface area contributed by atoms with Crippen molar-refractivity contribution < 1.29 is 9.53 Å². The van der Waals surface area contributed by atoms with Crippen LogP contribution in [0, 0.1) is 0 Å². The Balaban J connectivity index is 1.60. The second-order valence-electron chi connectivity index (χ2n) is 5.70. The molecule has 19 heavy (non-hydrogen) atoms. The third kappa shape index (κ3) is 2.37. The molecule has 4 nitrogen and oxygen atoms in total. The van der Waals surface area contributed by atoms with E-state index in [0.29, 0.717) is 12.5 Å². The van der Waals surface area contributed by atoms with Crippen LogP contribution in [0.5, 0.6) is 0 Å². The fourth-order valence-electron chi connectivity index (χ4n) is 2.89. The predicted molar refractivity (Wildman–Crippen MR) is 71.8 cm³/mol. The molecular formula is C15H20N2O2. The third-order valence-corrected chi connectivity index (χ3v) is 4.20. The first kappa shape index (κ1) is 12.6. The Morgan fingerprint density at radius 2 is 2.26 bits per heavy atom. The topological polar surface area (TPSA) is 42.4 Å². The summed E-state index contributed by atoms with van der Waals surface area (Å²) in [7, 11) is 0. The monoisotopic (exact) mass is 260 g/mol. The summed E-state index contributed by atoms with van der Waals surface area (Å²) in [5.74, 6) is 0.539. The largest absolute Gasteiger partial charge is 0.365 e. The standard InChI is InChI=1S/C15H20N2O2/c1-15(7-3-5-9-19-15)14(18)17-10-12(11-17)13-6-2-4-8-16-13/h2,4,6,8,12H,3,5,7,9-11H2,1H3/t15-/m1/s1. The van der Waals surface area contributed by atoms with E-state index >= 15 is 0 Å². The van der Waals surface area contributed by atoms with Gasteiger partial charge in [0.15, 0.2) is 0 Å². The fraction of sp³-hybridized carbons (Fsp3) is 0.600. The second-order valence-corrected chi connectivity index (χ2v) is 5.70. The Labute approximate surface area is 113 Å². The van der Waals surface area contributed by atoms with Gasteiger partial charge in [-0.1, -0.05) is 6.07 Å². The van der Waals surface area contributed by atoms with E-state index in [9.17, 15) is 4.79 Å². The summed E-state index contributed by atoms with van der Waals surface area (Å²) in [5, 5.41) is 0. The Bertz CT molecular complexity index is 448. The Morgan fingerprint density at radius 1 is 1.42 bits per heavy atom. The highest BCUT2D eigenvalue weighted by Gasteiger charge is 2.43. The van der Waals surface area contributed by atoms with Crippen molar-refractivity contribution in [3.8, 4) is 0 Å². The molecule has 4 heteroatoms. The number of rotatable bonds is 2. The molecule has 2 fully saturated rings. The molecule has 0 radical (unpaired) electrons. The molecule has 2 aliphatic heterocycles. The lowest BCUT2D eigenvalue weighted by Gasteiger charge is -2.44. The van der Waals surface area contributed by atoms with E-state index in [1.165, 1.54) is 0 Å². The van der Waals surface area contributed by atoms with Crippen molar-refractivity contribution in [2.24, 2.45) is 0 Å². The molecule has 1 atom stereocenters. The molecule has 1 aromatic rings. The maximum absolute atomic E-state index is 12.5. The van der Waals surface area contributed by atoms with Gasteiger partial charge in [-0.15, -0.1) is 0 Å². The van der Waals surface area contributed by atoms with Crippen molar-refractivity contribution in [2.45, 2.75) is 37.7 Å². The number of nitrogens with zero attached hydrogens (tertiary/aromatic N) is 2. The zero-order valence-corrected chi connectivity index (χ0v) is 11.3. The molecule has 2 saturated heterocycles. The minimum atomic E-state index is -0.590. The van der Waals surface area contributed by atoms with Gasteiger partial charge in [-0.25, -0.2) is 0 Å². The molecule has 0 N–H and O–H groups in total. The summed E-state index contributed by atoms with van der Waals surface area (Å²) in [5.41, 5.74) is 0.495. The smallest absolute Gasteiger partial charge is 0.254 e. The summed E-state index contributed by atoms with van der Waals surface area (Å²) in [6.07, 6.45) is 4.81. The molecule has 102 valence electrons.